The molecule has 2 heterocycles. The minimum atomic E-state index is -0.179. The van der Waals surface area contributed by atoms with Crippen molar-refractivity contribution >= 4 is 5.84 Å². The van der Waals surface area contributed by atoms with Crippen LogP contribution in [-0.2, 0) is 6.54 Å². The number of piperidine rings is 1. The maximum absolute atomic E-state index is 8.87. The molecule has 0 radical (unpaired) electrons. The first kappa shape index (κ1) is 15.8. The lowest BCUT2D eigenvalue weighted by atomic mass is 9.79. The fraction of sp³-hybridized carbons (Fsp3) is 0.733. The Bertz CT molecular complexity index is 488. The quantitative estimate of drug-likeness (QED) is 0.377. The second kappa shape index (κ2) is 6.47. The molecule has 6 heteroatoms. The molecule has 118 valence electrons. The summed E-state index contributed by atoms with van der Waals surface area (Å²) in [5, 5.41) is 16.7. The summed E-state index contributed by atoms with van der Waals surface area (Å²) in [4.78, 5) is 2.38. The molecule has 1 aliphatic heterocycles. The highest BCUT2D eigenvalue weighted by Crippen LogP contribution is 2.31. The van der Waals surface area contributed by atoms with Gasteiger partial charge in [0.1, 0.15) is 5.84 Å². The predicted octanol–water partition coefficient (Wildman–Crippen LogP) is 2.20. The lowest BCUT2D eigenvalue weighted by Crippen LogP contribution is -2.45. The molecule has 2 rings (SSSR count). The SMILES string of the molecule is CCC(C)n1ccc(CN2CCC(C)(/C(N)=N/O)CC2)n1. The first-order valence-electron chi connectivity index (χ1n) is 7.73. The number of nitrogens with zero attached hydrogens (tertiary/aromatic N) is 4. The van der Waals surface area contributed by atoms with E-state index in [0.29, 0.717) is 11.9 Å². The van der Waals surface area contributed by atoms with Crippen molar-refractivity contribution in [3.63, 3.8) is 0 Å². The van der Waals surface area contributed by atoms with Crippen LogP contribution in [0.2, 0.25) is 0 Å². The van der Waals surface area contributed by atoms with Gasteiger partial charge in [-0.2, -0.15) is 5.10 Å². The molecular formula is C15H27N5O. The number of amidine groups is 1. The van der Waals surface area contributed by atoms with Crippen molar-refractivity contribution in [2.24, 2.45) is 16.3 Å². The van der Waals surface area contributed by atoms with E-state index in [4.69, 9.17) is 10.9 Å². The molecule has 1 aliphatic rings. The summed E-state index contributed by atoms with van der Waals surface area (Å²) in [6, 6.07) is 2.55. The second-order valence-electron chi connectivity index (χ2n) is 6.37. The zero-order valence-corrected chi connectivity index (χ0v) is 13.3. The second-order valence-corrected chi connectivity index (χ2v) is 6.37. The molecule has 0 spiro atoms. The molecule has 0 saturated carbocycles. The number of nitrogens with two attached hydrogens (primary N) is 1. The van der Waals surface area contributed by atoms with Crippen molar-refractivity contribution < 1.29 is 5.21 Å². The van der Waals surface area contributed by atoms with Crippen LogP contribution in [0.15, 0.2) is 17.4 Å². The van der Waals surface area contributed by atoms with E-state index in [1.54, 1.807) is 0 Å². The number of likely N-dealkylation sites (tertiary alicyclic amines) is 1. The number of rotatable bonds is 5. The van der Waals surface area contributed by atoms with E-state index in [9.17, 15) is 0 Å². The van der Waals surface area contributed by atoms with Crippen molar-refractivity contribution in [3.05, 3.63) is 18.0 Å². The minimum absolute atomic E-state index is 0.179. The Hall–Kier alpha value is -1.56. The number of hydrogen-bond acceptors (Lipinski definition) is 4. The highest BCUT2D eigenvalue weighted by atomic mass is 16.4. The summed E-state index contributed by atoms with van der Waals surface area (Å²) in [6.45, 7) is 9.18. The Morgan fingerprint density at radius 2 is 2.19 bits per heavy atom. The van der Waals surface area contributed by atoms with Crippen LogP contribution in [0.5, 0.6) is 0 Å². The third kappa shape index (κ3) is 3.56. The van der Waals surface area contributed by atoms with E-state index in [1.807, 2.05) is 4.68 Å². The van der Waals surface area contributed by atoms with Crippen molar-refractivity contribution in [3.8, 4) is 0 Å². The van der Waals surface area contributed by atoms with Crippen LogP contribution in [-0.4, -0.2) is 38.8 Å². The van der Waals surface area contributed by atoms with E-state index in [2.05, 4.69) is 48.2 Å². The monoisotopic (exact) mass is 293 g/mol. The molecule has 1 atom stereocenters. The minimum Gasteiger partial charge on any atom is -0.409 e. The predicted molar refractivity (Wildman–Crippen MR) is 83.3 cm³/mol. The lowest BCUT2D eigenvalue weighted by Gasteiger charge is -2.38. The topological polar surface area (TPSA) is 79.7 Å². The van der Waals surface area contributed by atoms with E-state index < -0.39 is 0 Å². The first-order chi connectivity index (χ1) is 9.98. The van der Waals surface area contributed by atoms with Crippen molar-refractivity contribution in [2.45, 2.75) is 52.6 Å². The molecule has 0 amide bonds. The van der Waals surface area contributed by atoms with Crippen LogP contribution >= 0.6 is 0 Å². The van der Waals surface area contributed by atoms with Gasteiger partial charge >= 0.3 is 0 Å². The summed E-state index contributed by atoms with van der Waals surface area (Å²) in [6.07, 6.45) is 4.97. The Morgan fingerprint density at radius 1 is 1.52 bits per heavy atom. The summed E-state index contributed by atoms with van der Waals surface area (Å²) in [7, 11) is 0. The van der Waals surface area contributed by atoms with E-state index >= 15 is 0 Å². The van der Waals surface area contributed by atoms with Crippen LogP contribution < -0.4 is 5.73 Å². The van der Waals surface area contributed by atoms with Crippen LogP contribution in [0.25, 0.3) is 0 Å². The van der Waals surface area contributed by atoms with Gasteiger partial charge in [0.25, 0.3) is 0 Å². The molecule has 0 bridgehead atoms. The smallest absolute Gasteiger partial charge is 0.145 e. The molecule has 6 nitrogen and oxygen atoms in total. The van der Waals surface area contributed by atoms with Crippen LogP contribution in [0.1, 0.15) is 51.8 Å². The van der Waals surface area contributed by atoms with Gasteiger partial charge in [-0.25, -0.2) is 0 Å². The number of oxime groups is 1. The van der Waals surface area contributed by atoms with Gasteiger partial charge in [0, 0.05) is 24.2 Å². The maximum Gasteiger partial charge on any atom is 0.145 e. The molecule has 1 saturated heterocycles. The standard InChI is InChI=1S/C15H27N5O/c1-4-12(2)20-8-5-13(17-20)11-19-9-6-15(3,7-10-19)14(16)18-21/h5,8,12,21H,4,6-7,9-11H2,1-3H3,(H2,16,18). The first-order valence-corrected chi connectivity index (χ1v) is 7.73. The normalized spacial score (nSPS) is 21.4. The lowest BCUT2D eigenvalue weighted by molar-refractivity contribution is 0.151. The fourth-order valence-corrected chi connectivity index (χ4v) is 2.70. The Balaban J connectivity index is 1.90. The van der Waals surface area contributed by atoms with Crippen molar-refractivity contribution in [2.75, 3.05) is 13.1 Å². The maximum atomic E-state index is 8.87. The van der Waals surface area contributed by atoms with Crippen molar-refractivity contribution in [1.29, 1.82) is 0 Å². The summed E-state index contributed by atoms with van der Waals surface area (Å²) >= 11 is 0. The summed E-state index contributed by atoms with van der Waals surface area (Å²) < 4.78 is 2.04. The van der Waals surface area contributed by atoms with Crippen LogP contribution in [0.3, 0.4) is 0 Å². The molecule has 3 N–H and O–H groups in total. The molecule has 1 fully saturated rings. The third-order valence-corrected chi connectivity index (χ3v) is 4.78. The van der Waals surface area contributed by atoms with Gasteiger partial charge in [0.2, 0.25) is 0 Å². The average Bonchev–Trinajstić information content (AvgIpc) is 2.96. The third-order valence-electron chi connectivity index (χ3n) is 4.78. The van der Waals surface area contributed by atoms with Gasteiger partial charge in [-0.15, -0.1) is 0 Å². The highest BCUT2D eigenvalue weighted by molar-refractivity contribution is 5.85. The molecule has 0 aliphatic carbocycles. The molecule has 1 aromatic rings. The molecular weight excluding hydrogens is 266 g/mol. The van der Waals surface area contributed by atoms with Gasteiger partial charge in [0.05, 0.1) is 5.69 Å². The molecule has 21 heavy (non-hydrogen) atoms. The van der Waals surface area contributed by atoms with E-state index in [1.165, 1.54) is 0 Å². The summed E-state index contributed by atoms with van der Waals surface area (Å²) in [5.41, 5.74) is 6.73. The van der Waals surface area contributed by atoms with Gasteiger partial charge in [-0.05, 0) is 45.3 Å². The van der Waals surface area contributed by atoms with Gasteiger partial charge in [0.15, 0.2) is 0 Å². The largest absolute Gasteiger partial charge is 0.409 e. The fourth-order valence-electron chi connectivity index (χ4n) is 2.70. The van der Waals surface area contributed by atoms with Gasteiger partial charge < -0.3 is 10.9 Å². The van der Waals surface area contributed by atoms with Gasteiger partial charge in [-0.1, -0.05) is 19.0 Å². The highest BCUT2D eigenvalue weighted by Gasteiger charge is 2.34. The van der Waals surface area contributed by atoms with E-state index in [-0.39, 0.29) is 5.41 Å². The van der Waals surface area contributed by atoms with E-state index in [0.717, 1.165) is 44.6 Å². The Morgan fingerprint density at radius 3 is 2.76 bits per heavy atom. The van der Waals surface area contributed by atoms with Gasteiger partial charge in [-0.3, -0.25) is 9.58 Å². The summed E-state index contributed by atoms with van der Waals surface area (Å²) in [5.74, 6) is 0.350. The Labute approximate surface area is 126 Å². The zero-order valence-electron chi connectivity index (χ0n) is 13.3. The molecule has 0 aromatic carbocycles. The van der Waals surface area contributed by atoms with Crippen molar-refractivity contribution in [1.82, 2.24) is 14.7 Å². The van der Waals surface area contributed by atoms with Crippen LogP contribution in [0, 0.1) is 5.41 Å². The molecule has 1 aromatic heterocycles. The Kier molecular flexibility index (Phi) is 4.88. The number of aromatic nitrogens is 2. The average molecular weight is 293 g/mol. The number of hydrogen-bond donors (Lipinski definition) is 2. The van der Waals surface area contributed by atoms with Crippen LogP contribution in [0.4, 0.5) is 0 Å². The molecule has 1 unspecified atom stereocenters. The zero-order chi connectivity index (χ0) is 15.5.